The van der Waals surface area contributed by atoms with Gasteiger partial charge in [0.15, 0.2) is 14.1 Å². The number of benzene rings is 2. The Morgan fingerprint density at radius 3 is 2.46 bits per heavy atom. The zero-order chi connectivity index (χ0) is 17.6. The minimum Gasteiger partial charge on any atom is -0.507 e. The van der Waals surface area contributed by atoms with E-state index in [0.717, 1.165) is 12.5 Å². The van der Waals surface area contributed by atoms with Gasteiger partial charge in [0, 0.05) is 18.7 Å². The van der Waals surface area contributed by atoms with Crippen LogP contribution in [0.25, 0.3) is 0 Å². The molecule has 0 spiro atoms. The van der Waals surface area contributed by atoms with E-state index in [4.69, 9.17) is 9.16 Å². The molecule has 2 aromatic carbocycles. The molecule has 0 atom stereocenters. The SMILES string of the molecule is CO[Si](C)(C)CCCOc1ccc(C(=O)c2ccccc2)c(O)c1. The molecule has 0 aliphatic carbocycles. The number of ketones is 1. The number of phenols is 1. The third kappa shape index (κ3) is 4.94. The molecule has 128 valence electrons. The van der Waals surface area contributed by atoms with Gasteiger partial charge >= 0.3 is 0 Å². The van der Waals surface area contributed by atoms with Gasteiger partial charge < -0.3 is 14.3 Å². The van der Waals surface area contributed by atoms with Gasteiger partial charge in [-0.3, -0.25) is 4.79 Å². The third-order valence-corrected chi connectivity index (χ3v) is 6.66. The van der Waals surface area contributed by atoms with Crippen molar-refractivity contribution in [1.82, 2.24) is 0 Å². The first-order valence-electron chi connectivity index (χ1n) is 8.04. The van der Waals surface area contributed by atoms with Crippen LogP contribution in [0.5, 0.6) is 11.5 Å². The fourth-order valence-corrected chi connectivity index (χ4v) is 3.53. The van der Waals surface area contributed by atoms with Crippen LogP contribution in [0.2, 0.25) is 19.1 Å². The van der Waals surface area contributed by atoms with Gasteiger partial charge in [-0.15, -0.1) is 0 Å². The highest BCUT2D eigenvalue weighted by molar-refractivity contribution is 6.71. The molecule has 0 aliphatic rings. The Morgan fingerprint density at radius 2 is 1.83 bits per heavy atom. The van der Waals surface area contributed by atoms with Gasteiger partial charge in [-0.2, -0.15) is 0 Å². The summed E-state index contributed by atoms with van der Waals surface area (Å²) in [6.45, 7) is 4.90. The topological polar surface area (TPSA) is 55.8 Å². The maximum atomic E-state index is 12.4. The largest absolute Gasteiger partial charge is 0.507 e. The summed E-state index contributed by atoms with van der Waals surface area (Å²) in [6.07, 6.45) is 0.901. The monoisotopic (exact) mass is 344 g/mol. The molecule has 0 radical (unpaired) electrons. The Morgan fingerprint density at radius 1 is 1.12 bits per heavy atom. The van der Waals surface area contributed by atoms with Crippen molar-refractivity contribution in [3.8, 4) is 11.5 Å². The lowest BCUT2D eigenvalue weighted by Gasteiger charge is -2.19. The summed E-state index contributed by atoms with van der Waals surface area (Å²) in [4.78, 5) is 12.4. The van der Waals surface area contributed by atoms with Gasteiger partial charge in [-0.1, -0.05) is 30.3 Å². The minimum atomic E-state index is -1.56. The molecule has 0 heterocycles. The molecule has 1 N–H and O–H groups in total. The highest BCUT2D eigenvalue weighted by Gasteiger charge is 2.19. The number of carbonyl (C=O) groups is 1. The summed E-state index contributed by atoms with van der Waals surface area (Å²) < 4.78 is 11.2. The Labute approximate surface area is 144 Å². The predicted octanol–water partition coefficient (Wildman–Crippen LogP) is 4.24. The van der Waals surface area contributed by atoms with E-state index < -0.39 is 8.32 Å². The lowest BCUT2D eigenvalue weighted by atomic mass is 10.0. The van der Waals surface area contributed by atoms with Crippen molar-refractivity contribution >= 4 is 14.1 Å². The maximum Gasteiger partial charge on any atom is 0.196 e. The van der Waals surface area contributed by atoms with Gasteiger partial charge in [-0.05, 0) is 37.7 Å². The second kappa shape index (κ2) is 8.12. The molecule has 0 saturated carbocycles. The van der Waals surface area contributed by atoms with Crippen LogP contribution in [-0.2, 0) is 4.43 Å². The van der Waals surface area contributed by atoms with E-state index >= 15 is 0 Å². The molecule has 0 amide bonds. The molecule has 2 rings (SSSR count). The molecule has 0 bridgehead atoms. The van der Waals surface area contributed by atoms with Gasteiger partial charge in [-0.25, -0.2) is 0 Å². The Kier molecular flexibility index (Phi) is 6.17. The van der Waals surface area contributed by atoms with Gasteiger partial charge in [0.2, 0.25) is 0 Å². The van der Waals surface area contributed by atoms with Crippen molar-refractivity contribution in [3.63, 3.8) is 0 Å². The molecule has 0 fully saturated rings. The highest BCUT2D eigenvalue weighted by atomic mass is 28.4. The van der Waals surface area contributed by atoms with Crippen LogP contribution in [0.3, 0.4) is 0 Å². The molecular weight excluding hydrogens is 320 g/mol. The first-order valence-corrected chi connectivity index (χ1v) is 11.2. The van der Waals surface area contributed by atoms with Gasteiger partial charge in [0.05, 0.1) is 12.2 Å². The summed E-state index contributed by atoms with van der Waals surface area (Å²) in [5.74, 6) is 0.300. The molecule has 4 nitrogen and oxygen atoms in total. The molecule has 0 aromatic heterocycles. The van der Waals surface area contributed by atoms with E-state index in [1.165, 1.54) is 6.07 Å². The third-order valence-electron chi connectivity index (χ3n) is 3.99. The highest BCUT2D eigenvalue weighted by Crippen LogP contribution is 2.26. The number of phenolic OH excluding ortho intramolecular Hbond substituents is 1. The number of rotatable bonds is 8. The average Bonchev–Trinajstić information content (AvgIpc) is 2.59. The van der Waals surface area contributed by atoms with Crippen LogP contribution in [0.1, 0.15) is 22.3 Å². The minimum absolute atomic E-state index is 0.0621. The molecule has 0 aliphatic heterocycles. The van der Waals surface area contributed by atoms with Crippen LogP contribution in [0.4, 0.5) is 0 Å². The fraction of sp³-hybridized carbons (Fsp3) is 0.316. The normalized spacial score (nSPS) is 11.3. The second-order valence-corrected chi connectivity index (χ2v) is 10.7. The summed E-state index contributed by atoms with van der Waals surface area (Å²) >= 11 is 0. The van der Waals surface area contributed by atoms with E-state index in [1.54, 1.807) is 43.5 Å². The lowest BCUT2D eigenvalue weighted by Crippen LogP contribution is -2.28. The molecular formula is C19H24O4Si. The van der Waals surface area contributed by atoms with Crippen molar-refractivity contribution < 1.29 is 19.1 Å². The first kappa shape index (κ1) is 18.2. The Bertz CT molecular complexity index is 683. The Hall–Kier alpha value is -2.11. The van der Waals surface area contributed by atoms with Crippen LogP contribution >= 0.6 is 0 Å². The van der Waals surface area contributed by atoms with Crippen molar-refractivity contribution in [1.29, 1.82) is 0 Å². The fourth-order valence-electron chi connectivity index (χ4n) is 2.33. The zero-order valence-corrected chi connectivity index (χ0v) is 15.4. The van der Waals surface area contributed by atoms with Crippen LogP contribution in [-0.4, -0.2) is 32.9 Å². The van der Waals surface area contributed by atoms with Crippen molar-refractivity contribution in [3.05, 3.63) is 59.7 Å². The number of hydrogen-bond acceptors (Lipinski definition) is 4. The van der Waals surface area contributed by atoms with Crippen molar-refractivity contribution in [2.45, 2.75) is 25.6 Å². The quantitative estimate of drug-likeness (QED) is 0.442. The van der Waals surface area contributed by atoms with Gasteiger partial charge in [0.1, 0.15) is 11.5 Å². The average molecular weight is 344 g/mol. The number of carbonyl (C=O) groups excluding carboxylic acids is 1. The van der Waals surface area contributed by atoms with E-state index in [9.17, 15) is 9.90 Å². The zero-order valence-electron chi connectivity index (χ0n) is 14.4. The molecule has 5 heteroatoms. The summed E-state index contributed by atoms with van der Waals surface area (Å²) in [6, 6.07) is 14.7. The second-order valence-electron chi connectivity index (χ2n) is 6.29. The first-order chi connectivity index (χ1) is 11.4. The molecule has 0 unspecified atom stereocenters. The van der Waals surface area contributed by atoms with Gasteiger partial charge in [0.25, 0.3) is 0 Å². The molecule has 0 saturated heterocycles. The summed E-state index contributed by atoms with van der Waals surface area (Å²) in [7, 11) is 0.196. The van der Waals surface area contributed by atoms with E-state index in [0.29, 0.717) is 17.9 Å². The maximum absolute atomic E-state index is 12.4. The predicted molar refractivity (Wildman–Crippen MR) is 97.4 cm³/mol. The Balaban J connectivity index is 1.96. The standard InChI is InChI=1S/C19H24O4Si/c1-22-24(2,3)13-7-12-23-16-10-11-17(18(20)14-16)19(21)15-8-5-4-6-9-15/h4-6,8-11,14,20H,7,12-13H2,1-3H3. The smallest absolute Gasteiger partial charge is 0.196 e. The number of aromatic hydroxyl groups is 1. The lowest BCUT2D eigenvalue weighted by molar-refractivity contribution is 0.103. The van der Waals surface area contributed by atoms with E-state index in [-0.39, 0.29) is 17.1 Å². The molecule has 2 aromatic rings. The van der Waals surface area contributed by atoms with Crippen molar-refractivity contribution in [2.75, 3.05) is 13.7 Å². The summed E-state index contributed by atoms with van der Waals surface area (Å²) in [5.41, 5.74) is 0.828. The molecule has 24 heavy (non-hydrogen) atoms. The van der Waals surface area contributed by atoms with Crippen LogP contribution in [0.15, 0.2) is 48.5 Å². The number of ether oxygens (including phenoxy) is 1. The van der Waals surface area contributed by atoms with E-state index in [2.05, 4.69) is 13.1 Å². The van der Waals surface area contributed by atoms with Crippen LogP contribution in [0, 0.1) is 0 Å². The number of hydrogen-bond donors (Lipinski definition) is 1. The van der Waals surface area contributed by atoms with Crippen molar-refractivity contribution in [2.24, 2.45) is 0 Å². The summed E-state index contributed by atoms with van der Waals surface area (Å²) in [5, 5.41) is 10.1. The van der Waals surface area contributed by atoms with Crippen LogP contribution < -0.4 is 4.74 Å². The van der Waals surface area contributed by atoms with E-state index in [1.807, 2.05) is 6.07 Å².